The lowest BCUT2D eigenvalue weighted by atomic mass is 10.2. The highest BCUT2D eigenvalue weighted by molar-refractivity contribution is 7.90. The third-order valence-electron chi connectivity index (χ3n) is 4.24. The highest BCUT2D eigenvalue weighted by atomic mass is 35.5. The standard InChI is InChI=1S/C21H18ClNO8S/c1-3-29-21(26)19-18(13-6-4-5-7-16(13)31-19)23-17(24)11-30-20(25)14-10-12(32(2,27)28)8-9-15(14)22/h4-10H,3,11H2,1-2H3,(H,23,24). The number of ether oxygens (including phenoxy) is 2. The number of para-hydroxylation sites is 1. The molecule has 0 saturated heterocycles. The maximum atomic E-state index is 12.4. The fraction of sp³-hybridized carbons (Fsp3) is 0.190. The van der Waals surface area contributed by atoms with Crippen LogP contribution >= 0.6 is 11.6 Å². The molecule has 1 N–H and O–H groups in total. The third-order valence-corrected chi connectivity index (χ3v) is 5.68. The summed E-state index contributed by atoms with van der Waals surface area (Å²) >= 11 is 5.96. The molecule has 1 aromatic heterocycles. The van der Waals surface area contributed by atoms with Gasteiger partial charge in [-0.1, -0.05) is 23.7 Å². The molecule has 0 bridgehead atoms. The molecule has 2 aromatic carbocycles. The Morgan fingerprint density at radius 2 is 1.78 bits per heavy atom. The molecule has 0 aliphatic heterocycles. The third kappa shape index (κ3) is 5.09. The van der Waals surface area contributed by atoms with Gasteiger partial charge in [-0.3, -0.25) is 4.79 Å². The SMILES string of the molecule is CCOC(=O)c1oc2ccccc2c1NC(=O)COC(=O)c1cc(S(C)(=O)=O)ccc1Cl. The van der Waals surface area contributed by atoms with Crippen molar-refractivity contribution < 1.29 is 36.7 Å². The van der Waals surface area contributed by atoms with Crippen molar-refractivity contribution in [3.63, 3.8) is 0 Å². The molecule has 3 rings (SSSR count). The minimum Gasteiger partial charge on any atom is -0.460 e. The molecule has 0 saturated carbocycles. The van der Waals surface area contributed by atoms with Gasteiger partial charge < -0.3 is 19.2 Å². The van der Waals surface area contributed by atoms with Crippen molar-refractivity contribution in [2.45, 2.75) is 11.8 Å². The van der Waals surface area contributed by atoms with Crippen LogP contribution in [0.3, 0.4) is 0 Å². The Labute approximate surface area is 188 Å². The molecule has 0 fully saturated rings. The number of anilines is 1. The number of furan rings is 1. The molecular formula is C21H18ClNO8S. The number of fused-ring (bicyclic) bond motifs is 1. The Morgan fingerprint density at radius 1 is 1.06 bits per heavy atom. The van der Waals surface area contributed by atoms with Crippen LogP contribution < -0.4 is 5.32 Å². The normalized spacial score (nSPS) is 11.2. The van der Waals surface area contributed by atoms with E-state index in [-0.39, 0.29) is 33.5 Å². The quantitative estimate of drug-likeness (QED) is 0.510. The zero-order valence-electron chi connectivity index (χ0n) is 17.0. The summed E-state index contributed by atoms with van der Waals surface area (Å²) in [6.45, 7) is 1.01. The lowest BCUT2D eigenvalue weighted by Crippen LogP contribution is -2.22. The summed E-state index contributed by atoms with van der Waals surface area (Å²) in [5.41, 5.74) is 0.229. The number of rotatable bonds is 7. The van der Waals surface area contributed by atoms with Crippen LogP contribution in [-0.4, -0.2) is 45.7 Å². The molecule has 3 aromatic rings. The second kappa shape index (κ2) is 9.41. The molecule has 0 spiro atoms. The molecule has 1 amide bonds. The van der Waals surface area contributed by atoms with E-state index in [4.69, 9.17) is 25.5 Å². The average Bonchev–Trinajstić information content (AvgIpc) is 3.10. The maximum absolute atomic E-state index is 12.4. The Balaban J connectivity index is 1.77. The van der Waals surface area contributed by atoms with E-state index >= 15 is 0 Å². The molecule has 11 heteroatoms. The van der Waals surface area contributed by atoms with Gasteiger partial charge in [0.05, 0.1) is 22.1 Å². The number of sulfone groups is 1. The summed E-state index contributed by atoms with van der Waals surface area (Å²) in [5, 5.41) is 2.91. The Bertz CT molecular complexity index is 1310. The highest BCUT2D eigenvalue weighted by Gasteiger charge is 2.24. The largest absolute Gasteiger partial charge is 0.460 e. The number of benzene rings is 2. The monoisotopic (exact) mass is 479 g/mol. The van der Waals surface area contributed by atoms with E-state index < -0.39 is 34.3 Å². The summed E-state index contributed by atoms with van der Waals surface area (Å²) in [5.74, 6) is -2.71. The van der Waals surface area contributed by atoms with Crippen molar-refractivity contribution in [3.8, 4) is 0 Å². The van der Waals surface area contributed by atoms with Gasteiger partial charge in [0.15, 0.2) is 16.4 Å². The number of hydrogen-bond acceptors (Lipinski definition) is 8. The Morgan fingerprint density at radius 3 is 2.47 bits per heavy atom. The summed E-state index contributed by atoms with van der Waals surface area (Å²) in [6.07, 6.45) is 0.981. The van der Waals surface area contributed by atoms with Crippen molar-refractivity contribution in [2.75, 3.05) is 24.8 Å². The van der Waals surface area contributed by atoms with Crippen LogP contribution in [0.15, 0.2) is 51.8 Å². The molecule has 1 heterocycles. The zero-order valence-corrected chi connectivity index (χ0v) is 18.6. The highest BCUT2D eigenvalue weighted by Crippen LogP contribution is 2.31. The number of carbonyl (C=O) groups is 3. The van der Waals surface area contributed by atoms with Gasteiger partial charge in [-0.05, 0) is 37.3 Å². The van der Waals surface area contributed by atoms with Crippen LogP contribution in [-0.2, 0) is 24.1 Å². The first-order chi connectivity index (χ1) is 15.1. The lowest BCUT2D eigenvalue weighted by molar-refractivity contribution is -0.119. The topological polar surface area (TPSA) is 129 Å². The summed E-state index contributed by atoms with van der Waals surface area (Å²) < 4.78 is 38.8. The smallest absolute Gasteiger partial charge is 0.376 e. The second-order valence-corrected chi connectivity index (χ2v) is 8.98. The number of amides is 1. The predicted molar refractivity (Wildman–Crippen MR) is 116 cm³/mol. The molecule has 9 nitrogen and oxygen atoms in total. The molecule has 0 atom stereocenters. The van der Waals surface area contributed by atoms with E-state index in [0.29, 0.717) is 11.0 Å². The van der Waals surface area contributed by atoms with E-state index in [2.05, 4.69) is 5.32 Å². The van der Waals surface area contributed by atoms with Gasteiger partial charge >= 0.3 is 11.9 Å². The molecule has 168 valence electrons. The van der Waals surface area contributed by atoms with Crippen molar-refractivity contribution >= 4 is 55.9 Å². The Hall–Kier alpha value is -3.37. The van der Waals surface area contributed by atoms with E-state index in [9.17, 15) is 22.8 Å². The van der Waals surface area contributed by atoms with E-state index in [0.717, 1.165) is 12.3 Å². The summed E-state index contributed by atoms with van der Waals surface area (Å²) in [7, 11) is -3.58. The number of hydrogen-bond donors (Lipinski definition) is 1. The number of nitrogens with one attached hydrogen (secondary N) is 1. The van der Waals surface area contributed by atoms with E-state index in [1.54, 1.807) is 31.2 Å². The number of esters is 2. The summed E-state index contributed by atoms with van der Waals surface area (Å²) in [6, 6.07) is 10.2. The molecule has 0 unspecified atom stereocenters. The Kier molecular flexibility index (Phi) is 6.85. The van der Waals surface area contributed by atoms with Crippen molar-refractivity contribution in [3.05, 3.63) is 58.8 Å². The molecular weight excluding hydrogens is 462 g/mol. The van der Waals surface area contributed by atoms with Crippen LogP contribution in [0, 0.1) is 0 Å². The minimum absolute atomic E-state index is 0.0340. The zero-order chi connectivity index (χ0) is 23.5. The van der Waals surface area contributed by atoms with Gasteiger partial charge in [-0.2, -0.15) is 0 Å². The van der Waals surface area contributed by atoms with Gasteiger partial charge in [-0.15, -0.1) is 0 Å². The first-order valence-electron chi connectivity index (χ1n) is 9.27. The second-order valence-electron chi connectivity index (χ2n) is 6.56. The summed E-state index contributed by atoms with van der Waals surface area (Å²) in [4.78, 5) is 36.9. The predicted octanol–water partition coefficient (Wildman–Crippen LogP) is 3.46. The van der Waals surface area contributed by atoms with Gasteiger partial charge in [0, 0.05) is 11.6 Å². The van der Waals surface area contributed by atoms with Crippen molar-refractivity contribution in [2.24, 2.45) is 0 Å². The number of carbonyl (C=O) groups excluding carboxylic acids is 3. The fourth-order valence-corrected chi connectivity index (χ4v) is 3.63. The first kappa shape index (κ1) is 23.3. The molecule has 32 heavy (non-hydrogen) atoms. The minimum atomic E-state index is -3.58. The molecule has 0 aliphatic rings. The van der Waals surface area contributed by atoms with Crippen molar-refractivity contribution in [1.82, 2.24) is 0 Å². The number of halogens is 1. The maximum Gasteiger partial charge on any atom is 0.376 e. The van der Waals surface area contributed by atoms with Crippen LogP contribution in [0.25, 0.3) is 11.0 Å². The lowest BCUT2D eigenvalue weighted by Gasteiger charge is -2.09. The van der Waals surface area contributed by atoms with Crippen LogP contribution in [0.5, 0.6) is 0 Å². The molecule has 0 aliphatic carbocycles. The first-order valence-corrected chi connectivity index (χ1v) is 11.5. The van der Waals surface area contributed by atoms with Gasteiger partial charge in [0.2, 0.25) is 5.76 Å². The van der Waals surface area contributed by atoms with E-state index in [1.807, 2.05) is 0 Å². The fourth-order valence-electron chi connectivity index (χ4n) is 2.79. The van der Waals surface area contributed by atoms with Gasteiger partial charge in [-0.25, -0.2) is 18.0 Å². The average molecular weight is 480 g/mol. The van der Waals surface area contributed by atoms with E-state index in [1.165, 1.54) is 12.1 Å². The van der Waals surface area contributed by atoms with Crippen LogP contribution in [0.4, 0.5) is 5.69 Å². The van der Waals surface area contributed by atoms with Gasteiger partial charge in [0.1, 0.15) is 11.3 Å². The van der Waals surface area contributed by atoms with Crippen LogP contribution in [0.1, 0.15) is 27.8 Å². The van der Waals surface area contributed by atoms with Crippen molar-refractivity contribution in [1.29, 1.82) is 0 Å². The van der Waals surface area contributed by atoms with Gasteiger partial charge in [0.25, 0.3) is 5.91 Å². The molecule has 0 radical (unpaired) electrons. The van der Waals surface area contributed by atoms with Crippen LogP contribution in [0.2, 0.25) is 5.02 Å².